The maximum Gasteiger partial charge on any atom is 0.161 e. The minimum atomic E-state index is 0.392. The predicted molar refractivity (Wildman–Crippen MR) is 124 cm³/mol. The van der Waals surface area contributed by atoms with Crippen molar-refractivity contribution in [3.8, 4) is 11.5 Å². The van der Waals surface area contributed by atoms with Crippen LogP contribution in [-0.2, 0) is 11.2 Å². The summed E-state index contributed by atoms with van der Waals surface area (Å²) < 4.78 is 11.5. The Kier molecular flexibility index (Phi) is 6.12. The first-order valence-electron chi connectivity index (χ1n) is 11.7. The fourth-order valence-electron chi connectivity index (χ4n) is 5.64. The average molecular weight is 434 g/mol. The van der Waals surface area contributed by atoms with Crippen LogP contribution < -0.4 is 9.47 Å². The standard InChI is InChI=1S/C26H31N3O3/c1-31-25-15-18(11-13-30)7-10-24(25)32-14-4-12-29-20-8-9-21(29)17-19(16-20)26-22-5-2-3-6-23(22)27-28-26/h2-3,5-7,10,13,15,19-21H,4,8-9,11-12,14,16-17H2,1H3,(H,27,28). The van der Waals surface area contributed by atoms with E-state index in [0.29, 0.717) is 36.8 Å². The van der Waals surface area contributed by atoms with Crippen LogP contribution in [0.25, 0.3) is 10.9 Å². The number of ether oxygens (including phenoxy) is 2. The third kappa shape index (κ3) is 4.11. The van der Waals surface area contributed by atoms with Gasteiger partial charge in [-0.3, -0.25) is 10.00 Å². The van der Waals surface area contributed by atoms with Crippen molar-refractivity contribution in [3.05, 3.63) is 53.7 Å². The topological polar surface area (TPSA) is 67.5 Å². The zero-order valence-corrected chi connectivity index (χ0v) is 18.6. The Morgan fingerprint density at radius 2 is 1.94 bits per heavy atom. The summed E-state index contributed by atoms with van der Waals surface area (Å²) in [6.07, 6.45) is 7.25. The summed E-state index contributed by atoms with van der Waals surface area (Å²) in [5.41, 5.74) is 3.34. The van der Waals surface area contributed by atoms with Crippen molar-refractivity contribution in [1.29, 1.82) is 0 Å². The van der Waals surface area contributed by atoms with Crippen molar-refractivity contribution < 1.29 is 14.3 Å². The van der Waals surface area contributed by atoms with Gasteiger partial charge in [0.2, 0.25) is 0 Å². The molecule has 0 aliphatic carbocycles. The van der Waals surface area contributed by atoms with Crippen molar-refractivity contribution in [1.82, 2.24) is 15.1 Å². The number of nitrogens with zero attached hydrogens (tertiary/aromatic N) is 2. The van der Waals surface area contributed by atoms with E-state index in [9.17, 15) is 4.79 Å². The van der Waals surface area contributed by atoms with E-state index in [1.54, 1.807) is 7.11 Å². The molecule has 2 fully saturated rings. The monoisotopic (exact) mass is 433 g/mol. The molecule has 2 unspecified atom stereocenters. The van der Waals surface area contributed by atoms with Gasteiger partial charge in [-0.25, -0.2) is 0 Å². The van der Waals surface area contributed by atoms with Crippen LogP contribution in [0.3, 0.4) is 0 Å². The first-order valence-corrected chi connectivity index (χ1v) is 11.7. The van der Waals surface area contributed by atoms with Gasteiger partial charge in [0.15, 0.2) is 11.5 Å². The molecule has 1 N–H and O–H groups in total. The lowest BCUT2D eigenvalue weighted by atomic mass is 9.86. The van der Waals surface area contributed by atoms with E-state index in [0.717, 1.165) is 36.1 Å². The highest BCUT2D eigenvalue weighted by Crippen LogP contribution is 2.44. The van der Waals surface area contributed by atoms with E-state index in [-0.39, 0.29) is 0 Å². The molecule has 32 heavy (non-hydrogen) atoms. The molecule has 2 aromatic carbocycles. The molecule has 0 saturated carbocycles. The van der Waals surface area contributed by atoms with Crippen LogP contribution in [0.15, 0.2) is 42.5 Å². The second-order valence-electron chi connectivity index (χ2n) is 9.00. The number of aldehydes is 1. The second kappa shape index (κ2) is 9.33. The summed E-state index contributed by atoms with van der Waals surface area (Å²) in [4.78, 5) is 13.4. The molecule has 6 nitrogen and oxygen atoms in total. The van der Waals surface area contributed by atoms with Crippen molar-refractivity contribution in [3.63, 3.8) is 0 Å². The van der Waals surface area contributed by atoms with Crippen molar-refractivity contribution >= 4 is 17.2 Å². The third-order valence-corrected chi connectivity index (χ3v) is 7.14. The van der Waals surface area contributed by atoms with Crippen LogP contribution >= 0.6 is 0 Å². The second-order valence-corrected chi connectivity index (χ2v) is 9.00. The number of carbonyl (C=O) groups excluding carboxylic acids is 1. The Morgan fingerprint density at radius 3 is 2.72 bits per heavy atom. The van der Waals surface area contributed by atoms with Gasteiger partial charge < -0.3 is 14.3 Å². The van der Waals surface area contributed by atoms with Gasteiger partial charge in [0.05, 0.1) is 24.9 Å². The fourth-order valence-corrected chi connectivity index (χ4v) is 5.64. The van der Waals surface area contributed by atoms with Crippen LogP contribution in [0, 0.1) is 0 Å². The molecule has 2 aliphatic heterocycles. The average Bonchev–Trinajstić information content (AvgIpc) is 3.35. The van der Waals surface area contributed by atoms with Gasteiger partial charge in [-0.15, -0.1) is 0 Å². The normalized spacial score (nSPS) is 22.8. The number of para-hydroxylation sites is 1. The summed E-state index contributed by atoms with van der Waals surface area (Å²) >= 11 is 0. The van der Waals surface area contributed by atoms with E-state index in [1.165, 1.54) is 36.8 Å². The number of rotatable bonds is 9. The van der Waals surface area contributed by atoms with Crippen LogP contribution in [0.1, 0.15) is 49.3 Å². The summed E-state index contributed by atoms with van der Waals surface area (Å²) in [6, 6.07) is 15.5. The van der Waals surface area contributed by atoms with Gasteiger partial charge in [-0.2, -0.15) is 5.10 Å². The van der Waals surface area contributed by atoms with Gasteiger partial charge in [0.25, 0.3) is 0 Å². The smallest absolute Gasteiger partial charge is 0.161 e. The van der Waals surface area contributed by atoms with Crippen molar-refractivity contribution in [2.24, 2.45) is 0 Å². The highest BCUT2D eigenvalue weighted by atomic mass is 16.5. The lowest BCUT2D eigenvalue weighted by Crippen LogP contribution is -2.43. The number of H-pyrrole nitrogens is 1. The Labute approximate surface area is 188 Å². The van der Waals surface area contributed by atoms with E-state index in [1.807, 2.05) is 18.2 Å². The van der Waals surface area contributed by atoms with E-state index >= 15 is 0 Å². The maximum absolute atomic E-state index is 10.7. The quantitative estimate of drug-likeness (QED) is 0.398. The minimum Gasteiger partial charge on any atom is -0.493 e. The van der Waals surface area contributed by atoms with E-state index in [2.05, 4.69) is 39.4 Å². The van der Waals surface area contributed by atoms with Crippen LogP contribution in [-0.4, -0.2) is 53.7 Å². The van der Waals surface area contributed by atoms with Crippen molar-refractivity contribution in [2.75, 3.05) is 20.3 Å². The van der Waals surface area contributed by atoms with Crippen LogP contribution in [0.4, 0.5) is 0 Å². The number of hydrogen-bond acceptors (Lipinski definition) is 5. The number of methoxy groups -OCH3 is 1. The number of piperidine rings is 1. The number of aromatic amines is 1. The molecule has 0 amide bonds. The van der Waals surface area contributed by atoms with Gasteiger partial charge in [-0.1, -0.05) is 24.3 Å². The molecular weight excluding hydrogens is 402 g/mol. The zero-order chi connectivity index (χ0) is 21.9. The number of fused-ring (bicyclic) bond motifs is 3. The largest absolute Gasteiger partial charge is 0.493 e. The third-order valence-electron chi connectivity index (χ3n) is 7.14. The molecule has 5 rings (SSSR count). The maximum atomic E-state index is 10.7. The van der Waals surface area contributed by atoms with Gasteiger partial charge in [-0.05, 0) is 55.9 Å². The highest BCUT2D eigenvalue weighted by molar-refractivity contribution is 5.81. The molecule has 0 spiro atoms. The van der Waals surface area contributed by atoms with Gasteiger partial charge in [0, 0.05) is 36.4 Å². The SMILES string of the molecule is COc1cc(CC=O)ccc1OCCCN1C2CCC1CC(c1n[nH]c3ccccc13)C2. The molecule has 3 heterocycles. The lowest BCUT2D eigenvalue weighted by molar-refractivity contribution is -0.107. The summed E-state index contributed by atoms with van der Waals surface area (Å²) in [7, 11) is 1.64. The summed E-state index contributed by atoms with van der Waals surface area (Å²) in [5, 5.41) is 9.19. The number of benzene rings is 2. The fraction of sp³-hybridized carbons (Fsp3) is 0.462. The Morgan fingerprint density at radius 1 is 1.12 bits per heavy atom. The van der Waals surface area contributed by atoms with E-state index in [4.69, 9.17) is 9.47 Å². The highest BCUT2D eigenvalue weighted by Gasteiger charge is 2.41. The summed E-state index contributed by atoms with van der Waals surface area (Å²) in [6.45, 7) is 1.72. The minimum absolute atomic E-state index is 0.392. The predicted octanol–water partition coefficient (Wildman–Crippen LogP) is 4.49. The molecule has 2 bridgehead atoms. The molecule has 3 aromatic rings. The number of carbonyl (C=O) groups is 1. The Bertz CT molecular complexity index is 1070. The molecule has 168 valence electrons. The lowest BCUT2D eigenvalue weighted by Gasteiger charge is -2.38. The Balaban J connectivity index is 1.16. The molecule has 2 aliphatic rings. The molecule has 2 saturated heterocycles. The first-order chi connectivity index (χ1) is 15.8. The van der Waals surface area contributed by atoms with Gasteiger partial charge in [0.1, 0.15) is 6.29 Å². The molecule has 1 aromatic heterocycles. The number of nitrogens with one attached hydrogen (secondary N) is 1. The van der Waals surface area contributed by atoms with Gasteiger partial charge >= 0.3 is 0 Å². The van der Waals surface area contributed by atoms with E-state index < -0.39 is 0 Å². The molecule has 6 heteroatoms. The zero-order valence-electron chi connectivity index (χ0n) is 18.6. The van der Waals surface area contributed by atoms with Crippen LogP contribution in [0.5, 0.6) is 11.5 Å². The number of aromatic nitrogens is 2. The summed E-state index contributed by atoms with van der Waals surface area (Å²) in [5.74, 6) is 1.98. The molecule has 2 atom stereocenters. The van der Waals surface area contributed by atoms with Crippen molar-refractivity contribution in [2.45, 2.75) is 56.5 Å². The Hall–Kier alpha value is -2.86. The molecule has 0 radical (unpaired) electrons. The van der Waals surface area contributed by atoms with Crippen LogP contribution in [0.2, 0.25) is 0 Å². The number of hydrogen-bond donors (Lipinski definition) is 1. The first kappa shape index (κ1) is 21.0. The molecular formula is C26H31N3O3.